The Morgan fingerprint density at radius 2 is 1.62 bits per heavy atom. The maximum absolute atomic E-state index is 12.8. The van der Waals surface area contributed by atoms with Gasteiger partial charge in [0.15, 0.2) is 5.82 Å². The molecular weight excluding hydrogens is 317 g/mol. The molecule has 0 aliphatic heterocycles. The molecule has 0 aliphatic carbocycles. The first-order valence-electron chi connectivity index (χ1n) is 8.10. The molecule has 0 saturated heterocycles. The van der Waals surface area contributed by atoms with Crippen LogP contribution in [-0.4, -0.2) is 22.8 Å². The largest absolute Gasteiger partial charge is 0.454 e. The van der Waals surface area contributed by atoms with Gasteiger partial charge in [-0.05, 0) is 42.7 Å². The summed E-state index contributed by atoms with van der Waals surface area (Å²) < 4.78 is 41.5. The second-order valence-electron chi connectivity index (χ2n) is 5.55. The van der Waals surface area contributed by atoms with Crippen molar-refractivity contribution in [3.63, 3.8) is 0 Å². The first-order chi connectivity index (χ1) is 11.6. The lowest BCUT2D eigenvalue weighted by Crippen LogP contribution is -2.19. The molecule has 0 fully saturated rings. The number of alkyl halides is 3. The van der Waals surface area contributed by atoms with Crippen molar-refractivity contribution in [1.29, 1.82) is 0 Å². The minimum Gasteiger partial charge on any atom is -0.454 e. The molecule has 6 heteroatoms. The Labute approximate surface area is 139 Å². The average molecular weight is 338 g/mol. The zero-order valence-electron chi connectivity index (χ0n) is 13.6. The summed E-state index contributed by atoms with van der Waals surface area (Å²) in [5.41, 5.74) is 1.80. The third-order valence-electron chi connectivity index (χ3n) is 3.58. The fraction of sp³-hybridized carbons (Fsp3) is 0.444. The van der Waals surface area contributed by atoms with Crippen LogP contribution in [0.2, 0.25) is 0 Å². The molecule has 0 N–H and O–H groups in total. The average Bonchev–Trinajstić information content (AvgIpc) is 2.60. The maximum Gasteiger partial charge on any atom is 0.304 e. The van der Waals surface area contributed by atoms with Crippen molar-refractivity contribution in [1.82, 2.24) is 9.97 Å². The van der Waals surface area contributed by atoms with Gasteiger partial charge in [-0.1, -0.05) is 26.2 Å². The minimum absolute atomic E-state index is 0.0408. The number of aryl methyl sites for hydroxylation is 1. The predicted octanol–water partition coefficient (Wildman–Crippen LogP) is 5.21. The summed E-state index contributed by atoms with van der Waals surface area (Å²) in [6.45, 7) is 2.18. The van der Waals surface area contributed by atoms with Crippen molar-refractivity contribution >= 4 is 0 Å². The van der Waals surface area contributed by atoms with Crippen LogP contribution in [0.4, 0.5) is 13.2 Å². The van der Waals surface area contributed by atoms with Crippen molar-refractivity contribution in [2.24, 2.45) is 0 Å². The highest BCUT2D eigenvalue weighted by atomic mass is 19.3. The molecule has 3 nitrogen and oxygen atoms in total. The van der Waals surface area contributed by atoms with Crippen LogP contribution >= 0.6 is 0 Å². The summed E-state index contributed by atoms with van der Waals surface area (Å²) in [5.74, 6) is 0.573. The normalized spacial score (nSPS) is 12.4. The quantitative estimate of drug-likeness (QED) is 0.589. The summed E-state index contributed by atoms with van der Waals surface area (Å²) in [5, 5.41) is 0. The number of rotatable bonds is 9. The predicted molar refractivity (Wildman–Crippen MR) is 86.8 cm³/mol. The van der Waals surface area contributed by atoms with E-state index < -0.39 is 12.8 Å². The molecule has 0 spiro atoms. The highest BCUT2D eigenvalue weighted by molar-refractivity contribution is 5.55. The van der Waals surface area contributed by atoms with Gasteiger partial charge in [-0.3, -0.25) is 0 Å². The smallest absolute Gasteiger partial charge is 0.304 e. The number of ether oxygens (including phenoxy) is 1. The lowest BCUT2D eigenvalue weighted by atomic mass is 10.1. The third kappa shape index (κ3) is 5.51. The summed E-state index contributed by atoms with van der Waals surface area (Å²) in [7, 11) is 0. The van der Waals surface area contributed by atoms with E-state index in [0.717, 1.165) is 18.4 Å². The molecule has 0 radical (unpaired) electrons. The van der Waals surface area contributed by atoms with E-state index in [1.165, 1.54) is 31.4 Å². The van der Waals surface area contributed by atoms with E-state index in [4.69, 9.17) is 0 Å². The Hall–Kier alpha value is -2.11. The van der Waals surface area contributed by atoms with Gasteiger partial charge in [0.2, 0.25) is 0 Å². The number of benzene rings is 1. The molecule has 2 aromatic rings. The first-order valence-corrected chi connectivity index (χ1v) is 8.10. The van der Waals surface area contributed by atoms with Gasteiger partial charge in [0.05, 0.1) is 0 Å². The second kappa shape index (κ2) is 9.25. The Balaban J connectivity index is 1.94. The molecule has 24 heavy (non-hydrogen) atoms. The van der Waals surface area contributed by atoms with Crippen molar-refractivity contribution in [2.75, 3.05) is 0 Å². The van der Waals surface area contributed by atoms with E-state index in [0.29, 0.717) is 11.4 Å². The molecule has 0 bridgehead atoms. The van der Waals surface area contributed by atoms with E-state index in [1.807, 2.05) is 0 Å². The van der Waals surface area contributed by atoms with Crippen molar-refractivity contribution in [2.45, 2.75) is 51.8 Å². The van der Waals surface area contributed by atoms with E-state index in [9.17, 15) is 13.2 Å². The monoisotopic (exact) mass is 338 g/mol. The van der Waals surface area contributed by atoms with Crippen LogP contribution < -0.4 is 4.74 Å². The number of halogens is 3. The lowest BCUT2D eigenvalue weighted by molar-refractivity contribution is -0.0668. The molecule has 130 valence electrons. The Kier molecular flexibility index (Phi) is 7.03. The summed E-state index contributed by atoms with van der Waals surface area (Å²) >= 11 is 0. The van der Waals surface area contributed by atoms with Gasteiger partial charge in [-0.2, -0.15) is 4.39 Å². The zero-order chi connectivity index (χ0) is 17.4. The van der Waals surface area contributed by atoms with Crippen LogP contribution in [0.5, 0.6) is 5.75 Å². The Bertz CT molecular complexity index is 603. The number of hydrogen-bond donors (Lipinski definition) is 0. The van der Waals surface area contributed by atoms with E-state index >= 15 is 0 Å². The van der Waals surface area contributed by atoms with Crippen molar-refractivity contribution in [3.05, 3.63) is 42.2 Å². The molecule has 1 heterocycles. The molecule has 1 aromatic carbocycles. The maximum atomic E-state index is 12.8. The highest BCUT2D eigenvalue weighted by Gasteiger charge is 2.20. The van der Waals surface area contributed by atoms with E-state index in [-0.39, 0.29) is 5.75 Å². The second-order valence-corrected chi connectivity index (χ2v) is 5.55. The number of aromatic nitrogens is 2. The van der Waals surface area contributed by atoms with Crippen LogP contribution in [0, 0.1) is 0 Å². The summed E-state index contributed by atoms with van der Waals surface area (Å²) in [4.78, 5) is 8.64. The van der Waals surface area contributed by atoms with E-state index in [1.54, 1.807) is 24.5 Å². The first kappa shape index (κ1) is 18.2. The van der Waals surface area contributed by atoms with Gasteiger partial charge in [0, 0.05) is 18.0 Å². The molecule has 0 amide bonds. The zero-order valence-corrected chi connectivity index (χ0v) is 13.6. The SMILES string of the molecule is CCCCCCc1cnc(-c2ccc(OC(F)C(F)F)cc2)nc1. The van der Waals surface area contributed by atoms with Gasteiger partial charge in [-0.25, -0.2) is 18.7 Å². The molecule has 2 rings (SSSR count). The van der Waals surface area contributed by atoms with E-state index in [2.05, 4.69) is 21.6 Å². The Morgan fingerprint density at radius 3 is 2.21 bits per heavy atom. The van der Waals surface area contributed by atoms with Gasteiger partial charge < -0.3 is 4.74 Å². The summed E-state index contributed by atoms with van der Waals surface area (Å²) in [6, 6.07) is 6.08. The number of hydrogen-bond acceptors (Lipinski definition) is 3. The standard InChI is InChI=1S/C18H21F3N2O/c1-2-3-4-5-6-13-11-22-18(23-12-13)14-7-9-15(10-8-14)24-17(21)16(19)20/h7-12,16-17H,2-6H2,1H3. The number of nitrogens with zero attached hydrogens (tertiary/aromatic N) is 2. The van der Waals surface area contributed by atoms with Gasteiger partial charge in [0.25, 0.3) is 6.36 Å². The summed E-state index contributed by atoms with van der Waals surface area (Å²) in [6.07, 6.45) is 3.52. The third-order valence-corrected chi connectivity index (χ3v) is 3.58. The fourth-order valence-electron chi connectivity index (χ4n) is 2.25. The molecule has 1 atom stereocenters. The molecule has 0 saturated carbocycles. The number of unbranched alkanes of at least 4 members (excludes halogenated alkanes) is 3. The van der Waals surface area contributed by atoms with Gasteiger partial charge in [0.1, 0.15) is 5.75 Å². The molecular formula is C18H21F3N2O. The minimum atomic E-state index is -3.17. The van der Waals surface area contributed by atoms with Crippen molar-refractivity contribution in [3.8, 4) is 17.1 Å². The van der Waals surface area contributed by atoms with Gasteiger partial charge >= 0.3 is 6.43 Å². The van der Waals surface area contributed by atoms with Crippen molar-refractivity contribution < 1.29 is 17.9 Å². The molecule has 0 aliphatic rings. The highest BCUT2D eigenvalue weighted by Crippen LogP contribution is 2.21. The fourth-order valence-corrected chi connectivity index (χ4v) is 2.25. The van der Waals surface area contributed by atoms with Crippen LogP contribution in [0.3, 0.4) is 0 Å². The topological polar surface area (TPSA) is 35.0 Å². The van der Waals surface area contributed by atoms with Crippen LogP contribution in [0.1, 0.15) is 38.2 Å². The van der Waals surface area contributed by atoms with Crippen LogP contribution in [0.25, 0.3) is 11.4 Å². The van der Waals surface area contributed by atoms with Gasteiger partial charge in [-0.15, -0.1) is 0 Å². The molecule has 1 aromatic heterocycles. The lowest BCUT2D eigenvalue weighted by Gasteiger charge is -2.10. The van der Waals surface area contributed by atoms with Crippen LogP contribution in [0.15, 0.2) is 36.7 Å². The molecule has 1 unspecified atom stereocenters. The van der Waals surface area contributed by atoms with Crippen LogP contribution in [-0.2, 0) is 6.42 Å². The Morgan fingerprint density at radius 1 is 0.958 bits per heavy atom.